The molecule has 0 aliphatic rings. The second-order valence-electron chi connectivity index (χ2n) is 3.73. The van der Waals surface area contributed by atoms with Gasteiger partial charge in [0.15, 0.2) is 5.82 Å². The van der Waals surface area contributed by atoms with E-state index in [4.69, 9.17) is 10.00 Å². The first kappa shape index (κ1) is 12.0. The van der Waals surface area contributed by atoms with Gasteiger partial charge < -0.3 is 4.74 Å². The smallest absolute Gasteiger partial charge is 0.185 e. The van der Waals surface area contributed by atoms with Crippen molar-refractivity contribution in [3.8, 4) is 23.2 Å². The van der Waals surface area contributed by atoms with E-state index in [0.717, 1.165) is 0 Å². The zero-order valence-corrected chi connectivity index (χ0v) is 10.0. The number of rotatable bonds is 3. The number of aromatic nitrogens is 3. The standard InChI is InChI=1S/C12H11FN4O/c1-8-5-9(13)6-10(11(8)18-2)12-15-7-17(16-12)4-3-14/h5-7H,4H2,1-2H3. The van der Waals surface area contributed by atoms with E-state index >= 15 is 0 Å². The quantitative estimate of drug-likeness (QED) is 0.830. The van der Waals surface area contributed by atoms with Crippen LogP contribution in [0.4, 0.5) is 4.39 Å². The molecule has 0 saturated carbocycles. The minimum atomic E-state index is -0.375. The predicted octanol–water partition coefficient (Wildman–Crippen LogP) is 1.92. The fourth-order valence-electron chi connectivity index (χ4n) is 1.73. The van der Waals surface area contributed by atoms with Crippen LogP contribution in [0, 0.1) is 24.1 Å². The first-order valence-corrected chi connectivity index (χ1v) is 5.26. The molecule has 5 nitrogen and oxygen atoms in total. The molecule has 0 aliphatic carbocycles. The first-order valence-electron chi connectivity index (χ1n) is 5.26. The number of benzene rings is 1. The van der Waals surface area contributed by atoms with Gasteiger partial charge in [0.05, 0.1) is 18.7 Å². The van der Waals surface area contributed by atoms with Crippen molar-refractivity contribution in [1.82, 2.24) is 14.8 Å². The molecule has 0 aliphatic heterocycles. The molecule has 0 saturated heterocycles. The maximum Gasteiger partial charge on any atom is 0.185 e. The maximum absolute atomic E-state index is 13.4. The molecule has 0 bridgehead atoms. The van der Waals surface area contributed by atoms with Gasteiger partial charge in [-0.05, 0) is 24.6 Å². The molecule has 0 amide bonds. The van der Waals surface area contributed by atoms with E-state index in [1.165, 1.54) is 30.3 Å². The van der Waals surface area contributed by atoms with E-state index < -0.39 is 0 Å². The second-order valence-corrected chi connectivity index (χ2v) is 3.73. The molecular weight excluding hydrogens is 235 g/mol. The summed E-state index contributed by atoms with van der Waals surface area (Å²) in [6, 6.07) is 4.66. The molecule has 2 aromatic rings. The number of hydrogen-bond donors (Lipinski definition) is 0. The van der Waals surface area contributed by atoms with Crippen molar-refractivity contribution >= 4 is 0 Å². The Balaban J connectivity index is 2.52. The lowest BCUT2D eigenvalue weighted by molar-refractivity contribution is 0.412. The fraction of sp³-hybridized carbons (Fsp3) is 0.250. The van der Waals surface area contributed by atoms with Crippen LogP contribution in [-0.4, -0.2) is 21.9 Å². The van der Waals surface area contributed by atoms with Crippen LogP contribution >= 0.6 is 0 Å². The minimum Gasteiger partial charge on any atom is -0.496 e. The van der Waals surface area contributed by atoms with Crippen molar-refractivity contribution in [2.45, 2.75) is 13.5 Å². The number of hydrogen-bond acceptors (Lipinski definition) is 4. The first-order chi connectivity index (χ1) is 8.65. The molecule has 1 heterocycles. The summed E-state index contributed by atoms with van der Waals surface area (Å²) in [7, 11) is 1.51. The summed E-state index contributed by atoms with van der Waals surface area (Å²) in [6.45, 7) is 1.85. The van der Waals surface area contributed by atoms with Gasteiger partial charge in [0.2, 0.25) is 0 Å². The summed E-state index contributed by atoms with van der Waals surface area (Å²) < 4.78 is 20.0. The molecule has 1 aromatic carbocycles. The fourth-order valence-corrected chi connectivity index (χ4v) is 1.73. The summed E-state index contributed by atoms with van der Waals surface area (Å²) in [6.07, 6.45) is 1.43. The van der Waals surface area contributed by atoms with Crippen LogP contribution < -0.4 is 4.74 Å². The van der Waals surface area contributed by atoms with E-state index in [1.54, 1.807) is 6.92 Å². The molecule has 0 N–H and O–H groups in total. The molecule has 0 spiro atoms. The zero-order chi connectivity index (χ0) is 13.1. The highest BCUT2D eigenvalue weighted by Crippen LogP contribution is 2.31. The number of halogens is 1. The van der Waals surface area contributed by atoms with Crippen LogP contribution in [0.25, 0.3) is 11.4 Å². The van der Waals surface area contributed by atoms with Crippen LogP contribution in [-0.2, 0) is 6.54 Å². The molecule has 6 heteroatoms. The topological polar surface area (TPSA) is 63.7 Å². The van der Waals surface area contributed by atoms with Gasteiger partial charge in [-0.15, -0.1) is 5.10 Å². The zero-order valence-electron chi connectivity index (χ0n) is 10.0. The molecule has 0 unspecified atom stereocenters. The average Bonchev–Trinajstić information content (AvgIpc) is 2.77. The van der Waals surface area contributed by atoms with Gasteiger partial charge in [0, 0.05) is 0 Å². The summed E-state index contributed by atoms with van der Waals surface area (Å²) >= 11 is 0. The Morgan fingerprint density at radius 1 is 1.50 bits per heavy atom. The summed E-state index contributed by atoms with van der Waals surface area (Å²) in [5, 5.41) is 12.7. The van der Waals surface area contributed by atoms with Crippen molar-refractivity contribution in [2.75, 3.05) is 7.11 Å². The van der Waals surface area contributed by atoms with Gasteiger partial charge in [-0.2, -0.15) is 5.26 Å². The van der Waals surface area contributed by atoms with E-state index in [-0.39, 0.29) is 12.4 Å². The van der Waals surface area contributed by atoms with Crippen LogP contribution in [0.3, 0.4) is 0 Å². The van der Waals surface area contributed by atoms with Gasteiger partial charge in [0.25, 0.3) is 0 Å². The van der Waals surface area contributed by atoms with Crippen molar-refractivity contribution in [3.63, 3.8) is 0 Å². The third-order valence-electron chi connectivity index (χ3n) is 2.45. The predicted molar refractivity (Wildman–Crippen MR) is 62.3 cm³/mol. The Bertz CT molecular complexity index is 615. The van der Waals surface area contributed by atoms with E-state index in [2.05, 4.69) is 10.1 Å². The summed E-state index contributed by atoms with van der Waals surface area (Å²) in [5.41, 5.74) is 1.15. The highest BCUT2D eigenvalue weighted by Gasteiger charge is 2.14. The number of nitriles is 1. The van der Waals surface area contributed by atoms with Crippen molar-refractivity contribution < 1.29 is 9.13 Å². The Hall–Kier alpha value is -2.42. The third-order valence-corrected chi connectivity index (χ3v) is 2.45. The van der Waals surface area contributed by atoms with Crippen molar-refractivity contribution in [3.05, 3.63) is 29.8 Å². The molecule has 0 radical (unpaired) electrons. The normalized spacial score (nSPS) is 10.1. The lowest BCUT2D eigenvalue weighted by Gasteiger charge is -2.09. The van der Waals surface area contributed by atoms with Crippen molar-refractivity contribution in [1.29, 1.82) is 5.26 Å². The number of methoxy groups -OCH3 is 1. The molecular formula is C12H11FN4O. The Morgan fingerprint density at radius 3 is 2.94 bits per heavy atom. The molecule has 0 atom stereocenters. The third kappa shape index (κ3) is 2.15. The number of nitrogens with zero attached hydrogens (tertiary/aromatic N) is 4. The van der Waals surface area contributed by atoms with E-state index in [1.807, 2.05) is 6.07 Å². The van der Waals surface area contributed by atoms with Gasteiger partial charge in [-0.1, -0.05) is 0 Å². The average molecular weight is 246 g/mol. The van der Waals surface area contributed by atoms with Gasteiger partial charge >= 0.3 is 0 Å². The Labute approximate surface area is 103 Å². The lowest BCUT2D eigenvalue weighted by atomic mass is 10.1. The van der Waals surface area contributed by atoms with Crippen LogP contribution in [0.1, 0.15) is 5.56 Å². The van der Waals surface area contributed by atoms with Gasteiger partial charge in [-0.3, -0.25) is 0 Å². The Morgan fingerprint density at radius 2 is 2.28 bits per heavy atom. The SMILES string of the molecule is COc1c(C)cc(F)cc1-c1ncn(CC#N)n1. The molecule has 2 rings (SSSR count). The Kier molecular flexibility index (Phi) is 3.24. The minimum absolute atomic E-state index is 0.101. The lowest BCUT2D eigenvalue weighted by Crippen LogP contribution is -1.97. The molecule has 92 valence electrons. The van der Waals surface area contributed by atoms with Crippen LogP contribution in [0.5, 0.6) is 5.75 Å². The van der Waals surface area contributed by atoms with Gasteiger partial charge in [-0.25, -0.2) is 14.1 Å². The molecule has 1 aromatic heterocycles. The molecule has 0 fully saturated rings. The maximum atomic E-state index is 13.4. The van der Waals surface area contributed by atoms with Crippen molar-refractivity contribution in [2.24, 2.45) is 0 Å². The second kappa shape index (κ2) is 4.84. The summed E-state index contributed by atoms with van der Waals surface area (Å²) in [5.74, 6) is 0.496. The van der Waals surface area contributed by atoms with E-state index in [9.17, 15) is 4.39 Å². The number of ether oxygens (including phenoxy) is 1. The van der Waals surface area contributed by atoms with Crippen LogP contribution in [0.2, 0.25) is 0 Å². The summed E-state index contributed by atoms with van der Waals surface area (Å²) in [4.78, 5) is 4.05. The largest absolute Gasteiger partial charge is 0.496 e. The number of aryl methyl sites for hydroxylation is 1. The monoisotopic (exact) mass is 246 g/mol. The van der Waals surface area contributed by atoms with E-state index in [0.29, 0.717) is 22.7 Å². The molecule has 18 heavy (non-hydrogen) atoms. The highest BCUT2D eigenvalue weighted by molar-refractivity contribution is 5.66. The highest BCUT2D eigenvalue weighted by atomic mass is 19.1. The van der Waals surface area contributed by atoms with Gasteiger partial charge in [0.1, 0.15) is 24.4 Å². The van der Waals surface area contributed by atoms with Crippen LogP contribution in [0.15, 0.2) is 18.5 Å².